The first-order valence-corrected chi connectivity index (χ1v) is 20.4. The Morgan fingerprint density at radius 1 is 1.17 bits per heavy atom. The van der Waals surface area contributed by atoms with Crippen molar-refractivity contribution in [1.82, 2.24) is 0 Å². The third-order valence-corrected chi connectivity index (χ3v) is 0. The molecule has 0 amide bonds. The van der Waals surface area contributed by atoms with Crippen molar-refractivity contribution in [1.29, 1.82) is 0 Å². The van der Waals surface area contributed by atoms with Gasteiger partial charge in [-0.05, 0) is 0 Å². The summed E-state index contributed by atoms with van der Waals surface area (Å²) < 4.78 is 0. The summed E-state index contributed by atoms with van der Waals surface area (Å²) >= 11 is 5.51. The second-order valence-corrected chi connectivity index (χ2v) is 0. The summed E-state index contributed by atoms with van der Waals surface area (Å²) in [4.78, 5) is 0. The summed E-state index contributed by atoms with van der Waals surface area (Å²) in [5.74, 6) is 0. The second-order valence-electron chi connectivity index (χ2n) is 0. The Kier molecular flexibility index (Phi) is 107. The zero-order valence-corrected chi connectivity index (χ0v) is 17.7. The molecule has 0 unspecified atom stereocenters. The number of rotatable bonds is 0. The van der Waals surface area contributed by atoms with Crippen LogP contribution in [0.5, 0.6) is 0 Å². The van der Waals surface area contributed by atoms with E-state index in [0.717, 1.165) is 63.0 Å². The second kappa shape index (κ2) is 39.6. The van der Waals surface area contributed by atoms with E-state index in [2.05, 4.69) is 30.2 Å². The zero-order valence-electron chi connectivity index (χ0n) is 3.35. The van der Waals surface area contributed by atoms with Crippen LogP contribution in [-0.4, -0.2) is 11.5 Å². The summed E-state index contributed by atoms with van der Waals surface area (Å²) in [5, 5.41) is 0. The Balaban J connectivity index is -0.0000000225. The summed E-state index contributed by atoms with van der Waals surface area (Å²) in [7, 11) is 8.46. The molecule has 0 bridgehead atoms. The molecule has 24 valence electrons. The SMILES string of the molecule is [S]=[Cd].[S]=[Zn].[Se]=[Cd]. The van der Waals surface area contributed by atoms with Crippen LogP contribution in [0.2, 0.25) is 0 Å². The van der Waals surface area contributed by atoms with E-state index in [1.165, 1.54) is 0 Å². The molecular formula is Cd2S2SeZn. The fourth-order valence-electron chi connectivity index (χ4n) is 0. The van der Waals surface area contributed by atoms with Gasteiger partial charge in [0.2, 0.25) is 0 Å². The molecule has 0 atom stereocenters. The molecule has 0 fully saturated rings. The third-order valence-electron chi connectivity index (χ3n) is 0. The molecule has 0 aliphatic rings. The maximum atomic E-state index is 4.25. The van der Waals surface area contributed by atoms with E-state index in [9.17, 15) is 0 Å². The van der Waals surface area contributed by atoms with Gasteiger partial charge in [-0.25, -0.2) is 0 Å². The van der Waals surface area contributed by atoms with Crippen LogP contribution in [0.1, 0.15) is 0 Å². The van der Waals surface area contributed by atoms with Crippen molar-refractivity contribution in [3.8, 4) is 0 Å². The van der Waals surface area contributed by atoms with Gasteiger partial charge < -0.3 is 0 Å². The van der Waals surface area contributed by atoms with Crippen molar-refractivity contribution in [3.63, 3.8) is 0 Å². The van der Waals surface area contributed by atoms with Crippen LogP contribution >= 0.6 is 18.8 Å². The average Bonchev–Trinajstić information content (AvgIpc) is 1.81. The topological polar surface area (TPSA) is 0 Å². The monoisotopic (exact) mass is 436 g/mol. The Hall–Kier alpha value is 3.43. The maximum absolute atomic E-state index is 4.25. The Morgan fingerprint density at radius 2 is 1.17 bits per heavy atom. The molecule has 0 aliphatic heterocycles. The van der Waals surface area contributed by atoms with Crippen molar-refractivity contribution in [2.75, 3.05) is 0 Å². The van der Waals surface area contributed by atoms with Crippen molar-refractivity contribution in [2.24, 2.45) is 0 Å². The van der Waals surface area contributed by atoms with E-state index in [4.69, 9.17) is 0 Å². The number of hydrogen-bond acceptors (Lipinski definition) is 2. The quantitative estimate of drug-likeness (QED) is 0.521. The standard InChI is InChI=1S/2Cd.2S.Se.Zn. The molecule has 6 heavy (non-hydrogen) atoms. The van der Waals surface area contributed by atoms with Crippen LogP contribution in [0, 0.1) is 0 Å². The molecule has 0 aromatic carbocycles. The minimum atomic E-state index is 0.733. The first kappa shape index (κ1) is 16.2. The summed E-state index contributed by atoms with van der Waals surface area (Å²) in [6, 6.07) is 0. The molecular weight excluding hydrogens is 433 g/mol. The van der Waals surface area contributed by atoms with Gasteiger partial charge in [-0.1, -0.05) is 0 Å². The first-order chi connectivity index (χ1) is 3.00. The number of hydrogen-bond donors (Lipinski definition) is 0. The third kappa shape index (κ3) is 26.1. The molecule has 0 aromatic heterocycles. The minimum absolute atomic E-state index is 0.733. The van der Waals surface area contributed by atoms with E-state index in [1.54, 1.807) is 0 Å². The predicted molar refractivity (Wildman–Crippen MR) is 20.9 cm³/mol. The van der Waals surface area contributed by atoms with Gasteiger partial charge in [0.05, 0.1) is 0 Å². The van der Waals surface area contributed by atoms with Crippen molar-refractivity contribution in [2.45, 2.75) is 0 Å². The molecule has 0 aliphatic carbocycles. The molecule has 0 spiro atoms. The summed E-state index contributed by atoms with van der Waals surface area (Å²) in [6.07, 6.45) is 0. The average molecular weight is 433 g/mol. The molecule has 6 heteroatoms. The van der Waals surface area contributed by atoms with Gasteiger partial charge in [0.1, 0.15) is 0 Å². The fourth-order valence-corrected chi connectivity index (χ4v) is 0. The van der Waals surface area contributed by atoms with Gasteiger partial charge in [0.25, 0.3) is 0 Å². The Bertz CT molecular complexity index is 16.3. The van der Waals surface area contributed by atoms with Gasteiger partial charge in [-0.2, -0.15) is 0 Å². The normalized spacial score (nSPS) is 3.00. The van der Waals surface area contributed by atoms with Crippen molar-refractivity contribution < 1.29 is 63.0 Å². The molecule has 0 aromatic rings. The van der Waals surface area contributed by atoms with Crippen LogP contribution < -0.4 is 0 Å². The van der Waals surface area contributed by atoms with Gasteiger partial charge in [0, 0.05) is 0 Å². The van der Waals surface area contributed by atoms with Crippen LogP contribution in [-0.2, 0) is 63.0 Å². The fraction of sp³-hybridized carbons (Fsp3) is 0. The molecule has 0 saturated carbocycles. The van der Waals surface area contributed by atoms with E-state index >= 15 is 0 Å². The predicted octanol–water partition coefficient (Wildman–Crippen LogP) is 0.908. The van der Waals surface area contributed by atoms with Gasteiger partial charge in [-0.3, -0.25) is 0 Å². The first-order valence-electron chi connectivity index (χ1n) is 0.866. The Labute approximate surface area is 90.9 Å². The van der Waals surface area contributed by atoms with Crippen LogP contribution in [0.4, 0.5) is 0 Å². The van der Waals surface area contributed by atoms with E-state index in [0.29, 0.717) is 0 Å². The van der Waals surface area contributed by atoms with Crippen LogP contribution in [0.25, 0.3) is 0 Å². The van der Waals surface area contributed by atoms with Gasteiger partial charge in [0.15, 0.2) is 0 Å². The van der Waals surface area contributed by atoms with Gasteiger partial charge >= 0.3 is 93.2 Å². The van der Waals surface area contributed by atoms with Crippen molar-refractivity contribution in [3.05, 3.63) is 0 Å². The van der Waals surface area contributed by atoms with E-state index in [-0.39, 0.29) is 0 Å². The molecule has 0 radical (unpaired) electrons. The molecule has 0 heterocycles. The van der Waals surface area contributed by atoms with E-state index < -0.39 is 0 Å². The Morgan fingerprint density at radius 3 is 1.17 bits per heavy atom. The molecule has 0 saturated heterocycles. The van der Waals surface area contributed by atoms with E-state index in [1.807, 2.05) is 0 Å². The summed E-state index contributed by atoms with van der Waals surface area (Å²) in [6.45, 7) is 0. The molecule has 0 N–H and O–H groups in total. The van der Waals surface area contributed by atoms with Crippen molar-refractivity contribution >= 4 is 30.2 Å². The van der Waals surface area contributed by atoms with Gasteiger partial charge in [-0.15, -0.1) is 0 Å². The molecule has 0 rings (SSSR count). The summed E-state index contributed by atoms with van der Waals surface area (Å²) in [5.41, 5.74) is 0. The molecule has 0 nitrogen and oxygen atoms in total. The van der Waals surface area contributed by atoms with Crippen LogP contribution in [0.3, 0.4) is 0 Å². The zero-order chi connectivity index (χ0) is 6.00. The van der Waals surface area contributed by atoms with Crippen LogP contribution in [0.15, 0.2) is 0 Å².